The molecule has 0 atom stereocenters. The van der Waals surface area contributed by atoms with E-state index in [4.69, 9.17) is 21.1 Å². The molecule has 1 aromatic heterocycles. The van der Waals surface area contributed by atoms with Gasteiger partial charge < -0.3 is 25.1 Å². The third-order valence-electron chi connectivity index (χ3n) is 5.50. The molecule has 0 saturated heterocycles. The van der Waals surface area contributed by atoms with Crippen LogP contribution in [0.25, 0.3) is 5.70 Å². The van der Waals surface area contributed by atoms with E-state index in [-0.39, 0.29) is 12.7 Å². The molecule has 1 saturated carbocycles. The molecule has 8 nitrogen and oxygen atoms in total. The molecular formula is C22H36FN5O3S. The van der Waals surface area contributed by atoms with Crippen LogP contribution in [0.2, 0.25) is 0 Å². The van der Waals surface area contributed by atoms with Gasteiger partial charge in [-0.05, 0) is 57.6 Å². The summed E-state index contributed by atoms with van der Waals surface area (Å²) in [5, 5.41) is 1.32. The summed E-state index contributed by atoms with van der Waals surface area (Å²) in [6, 6.07) is 3.67. The summed E-state index contributed by atoms with van der Waals surface area (Å²) in [7, 11) is 3.27. The fourth-order valence-electron chi connectivity index (χ4n) is 3.54. The Morgan fingerprint density at radius 2 is 1.97 bits per heavy atom. The van der Waals surface area contributed by atoms with Crippen LogP contribution < -0.4 is 16.3 Å². The largest absolute Gasteiger partial charge is 0.489 e. The number of hydrogen-bond acceptors (Lipinski definition) is 8. The molecule has 1 fully saturated rings. The van der Waals surface area contributed by atoms with Gasteiger partial charge in [0.1, 0.15) is 12.4 Å². The van der Waals surface area contributed by atoms with Gasteiger partial charge in [-0.3, -0.25) is 0 Å². The minimum atomic E-state index is -0.495. The first-order valence-electron chi connectivity index (χ1n) is 11.1. The van der Waals surface area contributed by atoms with Gasteiger partial charge in [0.05, 0.1) is 28.9 Å². The van der Waals surface area contributed by atoms with E-state index in [1.165, 1.54) is 29.2 Å². The molecule has 4 N–H and O–H groups in total. The van der Waals surface area contributed by atoms with Crippen LogP contribution in [0.3, 0.4) is 0 Å². The van der Waals surface area contributed by atoms with Crippen LogP contribution in [0, 0.1) is 6.92 Å². The smallest absolute Gasteiger partial charge is 0.409 e. The van der Waals surface area contributed by atoms with Gasteiger partial charge >= 0.3 is 6.09 Å². The number of hydrazine groups is 1. The molecular weight excluding hydrogens is 433 g/mol. The zero-order valence-corrected chi connectivity index (χ0v) is 20.1. The number of likely N-dealkylation sites (N-methyl/N-ethyl adjacent to an activating group) is 1. The van der Waals surface area contributed by atoms with E-state index in [0.717, 1.165) is 24.3 Å². The van der Waals surface area contributed by atoms with Crippen molar-refractivity contribution in [3.63, 3.8) is 0 Å². The van der Waals surface area contributed by atoms with Crippen LogP contribution in [0.4, 0.5) is 8.68 Å². The number of hydrogen-bond donors (Lipinski definition) is 2. The van der Waals surface area contributed by atoms with Crippen molar-refractivity contribution in [3.8, 4) is 5.75 Å². The normalized spacial score (nSPS) is 15.2. The molecule has 32 heavy (non-hydrogen) atoms. The van der Waals surface area contributed by atoms with Crippen LogP contribution in [-0.2, 0) is 4.74 Å². The van der Waals surface area contributed by atoms with Crippen molar-refractivity contribution in [1.82, 2.24) is 14.9 Å². The van der Waals surface area contributed by atoms with Crippen LogP contribution in [0.1, 0.15) is 56.3 Å². The van der Waals surface area contributed by atoms with Gasteiger partial charge in [0.2, 0.25) is 0 Å². The minimum absolute atomic E-state index is 0.0939. The fourth-order valence-corrected chi connectivity index (χ4v) is 3.85. The van der Waals surface area contributed by atoms with Crippen molar-refractivity contribution < 1.29 is 18.2 Å². The molecule has 0 radical (unpaired) electrons. The summed E-state index contributed by atoms with van der Waals surface area (Å²) >= 11 is 0.303. The number of carbonyl (C=O) groups excluding carboxylic acids is 1. The Morgan fingerprint density at radius 3 is 2.59 bits per heavy atom. The standard InChI is InChI=1S/C22H36FN5O3S/c1-16-20(31-17-9-5-4-6-10-17)12-11-18(26-16)21(24)19(28(3)25)15-30-22(29)27(2)13-7-8-14-32-23/h11-12,17H,4-10,13-15,24-25H2,1-3H3/b21-19-. The average Bonchev–Trinajstić information content (AvgIpc) is 2.78. The molecule has 2 rings (SSSR count). The number of amides is 1. The molecule has 0 unspecified atom stereocenters. The Kier molecular flexibility index (Phi) is 10.9. The van der Waals surface area contributed by atoms with E-state index in [9.17, 15) is 8.68 Å². The third kappa shape index (κ3) is 8.05. The zero-order valence-electron chi connectivity index (χ0n) is 19.3. The fraction of sp³-hybridized carbons (Fsp3) is 0.636. The maximum Gasteiger partial charge on any atom is 0.409 e. The number of aromatic nitrogens is 1. The summed E-state index contributed by atoms with van der Waals surface area (Å²) in [5.74, 6) is 7.12. The number of ether oxygens (including phenoxy) is 2. The number of pyridine rings is 1. The SMILES string of the molecule is Cc1nc(/C(N)=C(\COC(=O)N(C)CCCCSF)N(C)N)ccc1OC1CCCCC1. The van der Waals surface area contributed by atoms with Crippen molar-refractivity contribution in [2.45, 2.75) is 58.0 Å². The molecule has 10 heteroatoms. The number of unbranched alkanes of at least 4 members (excludes halogenated alkanes) is 1. The van der Waals surface area contributed by atoms with Gasteiger partial charge in [0.25, 0.3) is 0 Å². The summed E-state index contributed by atoms with van der Waals surface area (Å²) in [6.07, 6.45) is 6.93. The summed E-state index contributed by atoms with van der Waals surface area (Å²) in [4.78, 5) is 18.3. The summed E-state index contributed by atoms with van der Waals surface area (Å²) in [6.45, 7) is 2.27. The van der Waals surface area contributed by atoms with E-state index < -0.39 is 6.09 Å². The zero-order chi connectivity index (χ0) is 23.5. The molecule has 1 amide bonds. The third-order valence-corrected chi connectivity index (χ3v) is 5.95. The quantitative estimate of drug-likeness (QED) is 0.284. The maximum absolute atomic E-state index is 12.3. The number of halogens is 1. The monoisotopic (exact) mass is 469 g/mol. The van der Waals surface area contributed by atoms with Gasteiger partial charge in [0, 0.05) is 38.5 Å². The Bertz CT molecular complexity index is 772. The number of rotatable bonds is 11. The Labute approximate surface area is 194 Å². The predicted octanol–water partition coefficient (Wildman–Crippen LogP) is 4.00. The van der Waals surface area contributed by atoms with Gasteiger partial charge in [-0.2, -0.15) is 3.89 Å². The first-order valence-corrected chi connectivity index (χ1v) is 11.9. The number of nitrogens with zero attached hydrogens (tertiary/aromatic N) is 3. The van der Waals surface area contributed by atoms with Crippen molar-refractivity contribution in [1.29, 1.82) is 0 Å². The van der Waals surface area contributed by atoms with Crippen molar-refractivity contribution >= 4 is 23.9 Å². The highest BCUT2D eigenvalue weighted by molar-refractivity contribution is 7.94. The van der Waals surface area contributed by atoms with E-state index in [0.29, 0.717) is 54.4 Å². The molecule has 1 heterocycles. The van der Waals surface area contributed by atoms with Crippen LogP contribution >= 0.6 is 12.1 Å². The number of aryl methyl sites for hydroxylation is 1. The molecule has 1 aliphatic rings. The molecule has 1 aliphatic carbocycles. The molecule has 0 bridgehead atoms. The minimum Gasteiger partial charge on any atom is -0.489 e. The van der Waals surface area contributed by atoms with Gasteiger partial charge in [-0.25, -0.2) is 15.6 Å². The van der Waals surface area contributed by atoms with E-state index in [1.54, 1.807) is 20.2 Å². The number of nitrogens with two attached hydrogens (primary N) is 2. The van der Waals surface area contributed by atoms with Gasteiger partial charge in [0.15, 0.2) is 0 Å². The van der Waals surface area contributed by atoms with Gasteiger partial charge in [-0.1, -0.05) is 6.42 Å². The van der Waals surface area contributed by atoms with E-state index >= 15 is 0 Å². The molecule has 0 aromatic carbocycles. The summed E-state index contributed by atoms with van der Waals surface area (Å²) in [5.41, 5.74) is 8.39. The predicted molar refractivity (Wildman–Crippen MR) is 126 cm³/mol. The maximum atomic E-state index is 12.3. The Balaban J connectivity index is 2.02. The first-order chi connectivity index (χ1) is 15.3. The van der Waals surface area contributed by atoms with Crippen molar-refractivity contribution in [2.24, 2.45) is 11.6 Å². The average molecular weight is 470 g/mol. The first kappa shape index (κ1) is 26.1. The van der Waals surface area contributed by atoms with E-state index in [2.05, 4.69) is 4.98 Å². The second kappa shape index (κ2) is 13.4. The lowest BCUT2D eigenvalue weighted by molar-refractivity contribution is 0.113. The summed E-state index contributed by atoms with van der Waals surface area (Å²) < 4.78 is 23.6. The van der Waals surface area contributed by atoms with Crippen molar-refractivity contribution in [3.05, 3.63) is 29.2 Å². The molecule has 1 aromatic rings. The second-order valence-corrected chi connectivity index (χ2v) is 8.75. The molecule has 0 spiro atoms. The Hall–Kier alpha value is -2.20. The Morgan fingerprint density at radius 1 is 1.25 bits per heavy atom. The lowest BCUT2D eigenvalue weighted by Crippen LogP contribution is -2.34. The van der Waals surface area contributed by atoms with Crippen LogP contribution in [0.15, 0.2) is 17.8 Å². The highest BCUT2D eigenvalue weighted by Crippen LogP contribution is 2.26. The second-order valence-electron chi connectivity index (χ2n) is 8.13. The van der Waals surface area contributed by atoms with Crippen LogP contribution in [-0.4, -0.2) is 60.1 Å². The van der Waals surface area contributed by atoms with Crippen molar-refractivity contribution in [2.75, 3.05) is 33.0 Å². The topological polar surface area (TPSA) is 107 Å². The molecule has 0 aliphatic heterocycles. The van der Waals surface area contributed by atoms with Gasteiger partial charge in [-0.15, -0.1) is 0 Å². The lowest BCUT2D eigenvalue weighted by Gasteiger charge is -2.24. The number of carbonyl (C=O) groups is 1. The lowest BCUT2D eigenvalue weighted by atomic mass is 9.98. The highest BCUT2D eigenvalue weighted by atomic mass is 32.2. The van der Waals surface area contributed by atoms with Crippen LogP contribution in [0.5, 0.6) is 5.75 Å². The molecule has 180 valence electrons. The van der Waals surface area contributed by atoms with E-state index in [1.807, 2.05) is 13.0 Å². The highest BCUT2D eigenvalue weighted by Gasteiger charge is 2.18.